The Bertz CT molecular complexity index is 840. The second-order valence-corrected chi connectivity index (χ2v) is 8.13. The third kappa shape index (κ3) is 4.35. The number of aliphatic hydroxyl groups excluding tert-OH is 4. The molecular weight excluding hydrogens is 408 g/mol. The van der Waals surface area contributed by atoms with E-state index in [1.54, 1.807) is 12.1 Å². The van der Waals surface area contributed by atoms with Crippen LogP contribution in [0.1, 0.15) is 30.0 Å². The summed E-state index contributed by atoms with van der Waals surface area (Å²) in [5.41, 5.74) is 1.23. The van der Waals surface area contributed by atoms with Crippen molar-refractivity contribution < 1.29 is 29.9 Å². The van der Waals surface area contributed by atoms with E-state index in [1.165, 1.54) is 7.11 Å². The summed E-state index contributed by atoms with van der Waals surface area (Å²) < 4.78 is 11.2. The highest BCUT2D eigenvalue weighted by atomic mass is 35.5. The van der Waals surface area contributed by atoms with Crippen molar-refractivity contribution in [2.45, 2.75) is 43.7 Å². The van der Waals surface area contributed by atoms with E-state index in [-0.39, 0.29) is 13.0 Å². The lowest BCUT2D eigenvalue weighted by molar-refractivity contribution is -0.224. The monoisotopic (exact) mass is 436 g/mol. The van der Waals surface area contributed by atoms with Gasteiger partial charge in [0, 0.05) is 24.7 Å². The molecule has 164 valence electrons. The fourth-order valence-corrected chi connectivity index (χ4v) is 4.40. The molecule has 1 aliphatic carbocycles. The highest BCUT2D eigenvalue weighted by Gasteiger charge is 2.53. The Morgan fingerprint density at radius 2 is 1.77 bits per heavy atom. The molecule has 0 aliphatic heterocycles. The first-order valence-electron chi connectivity index (χ1n) is 10.1. The quantitative estimate of drug-likeness (QED) is 0.531. The van der Waals surface area contributed by atoms with Crippen LogP contribution in [0.5, 0.6) is 5.75 Å². The minimum absolute atomic E-state index is 0.156. The van der Waals surface area contributed by atoms with Crippen molar-refractivity contribution in [3.05, 3.63) is 64.2 Å². The maximum atomic E-state index is 10.8. The van der Waals surface area contributed by atoms with Gasteiger partial charge in [-0.2, -0.15) is 0 Å². The SMILES string of the molecule is CCOc1ccc(Cc2cc([C@@]3(OC)C[C@H](CO)[C@@H](O)[C@H](O)[C@H]3O)ccc2Cl)cc1. The van der Waals surface area contributed by atoms with Crippen molar-refractivity contribution in [2.75, 3.05) is 20.3 Å². The molecular formula is C23H29ClO6. The summed E-state index contributed by atoms with van der Waals surface area (Å²) in [6, 6.07) is 13.1. The minimum Gasteiger partial charge on any atom is -0.494 e. The van der Waals surface area contributed by atoms with Gasteiger partial charge in [-0.3, -0.25) is 0 Å². The third-order valence-electron chi connectivity index (χ3n) is 5.96. The first-order chi connectivity index (χ1) is 14.4. The van der Waals surface area contributed by atoms with E-state index in [9.17, 15) is 20.4 Å². The molecule has 0 unspecified atom stereocenters. The van der Waals surface area contributed by atoms with E-state index < -0.39 is 29.8 Å². The van der Waals surface area contributed by atoms with Gasteiger partial charge in [-0.25, -0.2) is 0 Å². The van der Waals surface area contributed by atoms with Crippen molar-refractivity contribution in [3.8, 4) is 5.75 Å². The average Bonchev–Trinajstić information content (AvgIpc) is 2.76. The van der Waals surface area contributed by atoms with Crippen LogP contribution in [0, 0.1) is 5.92 Å². The van der Waals surface area contributed by atoms with Gasteiger partial charge in [0.1, 0.15) is 23.6 Å². The van der Waals surface area contributed by atoms with Crippen LogP contribution in [-0.4, -0.2) is 59.1 Å². The fourth-order valence-electron chi connectivity index (χ4n) is 4.22. The number of methoxy groups -OCH3 is 1. The molecule has 1 fully saturated rings. The van der Waals surface area contributed by atoms with Crippen LogP contribution in [0.4, 0.5) is 0 Å². The lowest BCUT2D eigenvalue weighted by Crippen LogP contribution is -2.60. The molecule has 0 saturated heterocycles. The average molecular weight is 437 g/mol. The molecule has 7 heteroatoms. The summed E-state index contributed by atoms with van der Waals surface area (Å²) in [6.45, 7) is 2.20. The number of rotatable bonds is 7. The van der Waals surface area contributed by atoms with E-state index in [4.69, 9.17) is 21.1 Å². The smallest absolute Gasteiger partial charge is 0.122 e. The fraction of sp³-hybridized carbons (Fsp3) is 0.478. The van der Waals surface area contributed by atoms with Crippen LogP contribution in [0.2, 0.25) is 5.02 Å². The Balaban J connectivity index is 1.94. The maximum Gasteiger partial charge on any atom is 0.122 e. The van der Waals surface area contributed by atoms with Crippen molar-refractivity contribution >= 4 is 11.6 Å². The van der Waals surface area contributed by atoms with Crippen molar-refractivity contribution in [1.82, 2.24) is 0 Å². The molecule has 2 aromatic carbocycles. The normalized spacial score (nSPS) is 29.0. The van der Waals surface area contributed by atoms with Gasteiger partial charge in [-0.15, -0.1) is 0 Å². The predicted octanol–water partition coefficient (Wildman–Crippen LogP) is 2.27. The van der Waals surface area contributed by atoms with Gasteiger partial charge in [0.05, 0.1) is 12.7 Å². The highest BCUT2D eigenvalue weighted by molar-refractivity contribution is 6.31. The zero-order valence-corrected chi connectivity index (χ0v) is 17.9. The van der Waals surface area contributed by atoms with Gasteiger partial charge in [0.2, 0.25) is 0 Å². The van der Waals surface area contributed by atoms with E-state index in [1.807, 2.05) is 37.3 Å². The molecule has 3 rings (SSSR count). The second kappa shape index (κ2) is 9.64. The summed E-state index contributed by atoms with van der Waals surface area (Å²) in [6.07, 6.45) is -3.32. The van der Waals surface area contributed by atoms with Crippen LogP contribution in [0.3, 0.4) is 0 Å². The van der Waals surface area contributed by atoms with E-state index in [0.29, 0.717) is 23.6 Å². The number of halogens is 1. The first kappa shape index (κ1) is 23.0. The van der Waals surface area contributed by atoms with Crippen molar-refractivity contribution in [1.29, 1.82) is 0 Å². The van der Waals surface area contributed by atoms with Gasteiger partial charge < -0.3 is 29.9 Å². The Morgan fingerprint density at radius 3 is 2.37 bits per heavy atom. The lowest BCUT2D eigenvalue weighted by Gasteiger charge is -2.48. The van der Waals surface area contributed by atoms with E-state index >= 15 is 0 Å². The van der Waals surface area contributed by atoms with Crippen molar-refractivity contribution in [3.63, 3.8) is 0 Å². The highest BCUT2D eigenvalue weighted by Crippen LogP contribution is 2.44. The molecule has 5 atom stereocenters. The predicted molar refractivity (Wildman–Crippen MR) is 114 cm³/mol. The number of ether oxygens (including phenoxy) is 2. The van der Waals surface area contributed by atoms with Crippen LogP contribution in [0.15, 0.2) is 42.5 Å². The Labute approximate surface area is 181 Å². The number of hydrogen-bond acceptors (Lipinski definition) is 6. The molecule has 1 saturated carbocycles. The maximum absolute atomic E-state index is 10.8. The summed E-state index contributed by atoms with van der Waals surface area (Å²) >= 11 is 6.44. The standard InChI is InChI=1S/C23H29ClO6/c1-3-30-18-7-4-14(5-8-18)10-15-11-17(6-9-19(15)24)23(29-2)12-16(13-25)20(26)21(27)22(23)28/h4-9,11,16,20-22,25-28H,3,10,12-13H2,1-2H3/t16-,20-,21+,22-,23+/m1/s1. The third-order valence-corrected chi connectivity index (χ3v) is 6.33. The number of hydrogen-bond donors (Lipinski definition) is 4. The van der Waals surface area contributed by atoms with Gasteiger partial charge in [-0.05, 0) is 54.7 Å². The molecule has 4 N–H and O–H groups in total. The molecule has 2 aromatic rings. The van der Waals surface area contributed by atoms with Gasteiger partial charge in [0.25, 0.3) is 0 Å². The largest absolute Gasteiger partial charge is 0.494 e. The molecule has 0 radical (unpaired) electrons. The van der Waals surface area contributed by atoms with E-state index in [2.05, 4.69) is 0 Å². The summed E-state index contributed by atoms with van der Waals surface area (Å²) in [5.74, 6) is 0.168. The van der Waals surface area contributed by atoms with Gasteiger partial charge in [-0.1, -0.05) is 35.9 Å². The van der Waals surface area contributed by atoms with Crippen LogP contribution >= 0.6 is 11.6 Å². The summed E-state index contributed by atoms with van der Waals surface area (Å²) in [4.78, 5) is 0. The Hall–Kier alpha value is -1.67. The van der Waals surface area contributed by atoms with Crippen LogP contribution in [0.25, 0.3) is 0 Å². The van der Waals surface area contributed by atoms with Gasteiger partial charge >= 0.3 is 0 Å². The summed E-state index contributed by atoms with van der Waals surface area (Å²) in [5, 5.41) is 41.6. The minimum atomic E-state index is -1.44. The zero-order valence-electron chi connectivity index (χ0n) is 17.2. The molecule has 30 heavy (non-hydrogen) atoms. The van der Waals surface area contributed by atoms with Crippen LogP contribution in [-0.2, 0) is 16.8 Å². The Morgan fingerprint density at radius 1 is 1.07 bits per heavy atom. The topological polar surface area (TPSA) is 99.4 Å². The zero-order chi connectivity index (χ0) is 21.9. The molecule has 0 aromatic heterocycles. The van der Waals surface area contributed by atoms with E-state index in [0.717, 1.165) is 16.9 Å². The number of benzene rings is 2. The Kier molecular flexibility index (Phi) is 7.39. The number of aliphatic hydroxyl groups is 4. The van der Waals surface area contributed by atoms with Crippen LogP contribution < -0.4 is 4.74 Å². The molecule has 0 heterocycles. The van der Waals surface area contributed by atoms with Crippen molar-refractivity contribution in [2.24, 2.45) is 5.92 Å². The first-order valence-corrected chi connectivity index (χ1v) is 10.4. The summed E-state index contributed by atoms with van der Waals surface area (Å²) in [7, 11) is 1.45. The second-order valence-electron chi connectivity index (χ2n) is 7.73. The lowest BCUT2D eigenvalue weighted by atomic mass is 9.69. The molecule has 1 aliphatic rings. The molecule has 0 amide bonds. The molecule has 0 spiro atoms. The molecule has 0 bridgehead atoms. The van der Waals surface area contributed by atoms with Gasteiger partial charge in [0.15, 0.2) is 0 Å². The molecule has 6 nitrogen and oxygen atoms in total.